The van der Waals surface area contributed by atoms with E-state index in [2.05, 4.69) is 10.6 Å². The number of amides is 3. The highest BCUT2D eigenvalue weighted by molar-refractivity contribution is 5.97. The number of hydrogen-bond acceptors (Lipinski definition) is 4. The van der Waals surface area contributed by atoms with Crippen LogP contribution in [0.1, 0.15) is 43.7 Å². The van der Waals surface area contributed by atoms with Crippen molar-refractivity contribution in [3.63, 3.8) is 0 Å². The zero-order valence-corrected chi connectivity index (χ0v) is 14.1. The molecule has 6 heteroatoms. The molecule has 24 heavy (non-hydrogen) atoms. The lowest BCUT2D eigenvalue weighted by molar-refractivity contribution is -0.153. The minimum Gasteiger partial charge on any atom is -0.452 e. The van der Waals surface area contributed by atoms with Crippen molar-refractivity contribution in [1.29, 1.82) is 0 Å². The molecule has 1 aromatic rings. The smallest absolute Gasteiger partial charge is 0.321 e. The van der Waals surface area contributed by atoms with E-state index in [1.807, 2.05) is 31.2 Å². The maximum atomic E-state index is 11.9. The third kappa shape index (κ3) is 5.68. The Labute approximate surface area is 142 Å². The third-order valence-corrected chi connectivity index (χ3v) is 4.07. The zero-order valence-electron chi connectivity index (χ0n) is 14.1. The molecular weight excluding hydrogens is 308 g/mol. The van der Waals surface area contributed by atoms with Gasteiger partial charge in [-0.25, -0.2) is 4.79 Å². The van der Waals surface area contributed by atoms with Crippen LogP contribution in [0.4, 0.5) is 4.79 Å². The van der Waals surface area contributed by atoms with Gasteiger partial charge in [-0.3, -0.25) is 14.9 Å². The molecule has 0 aromatic heterocycles. The maximum absolute atomic E-state index is 11.9. The summed E-state index contributed by atoms with van der Waals surface area (Å²) in [5, 5.41) is 4.97. The Morgan fingerprint density at radius 1 is 1.17 bits per heavy atom. The van der Waals surface area contributed by atoms with E-state index >= 15 is 0 Å². The number of carbonyl (C=O) groups is 3. The fraction of sp³-hybridized carbons (Fsp3) is 0.500. The van der Waals surface area contributed by atoms with Gasteiger partial charge < -0.3 is 10.1 Å². The van der Waals surface area contributed by atoms with Gasteiger partial charge in [-0.2, -0.15) is 0 Å². The molecule has 0 saturated heterocycles. The molecule has 1 aliphatic rings. The Balaban J connectivity index is 1.74. The van der Waals surface area contributed by atoms with Crippen LogP contribution < -0.4 is 10.6 Å². The van der Waals surface area contributed by atoms with E-state index in [9.17, 15) is 14.4 Å². The van der Waals surface area contributed by atoms with Crippen LogP contribution in [0.25, 0.3) is 0 Å². The van der Waals surface area contributed by atoms with E-state index in [4.69, 9.17) is 4.74 Å². The Morgan fingerprint density at radius 3 is 2.42 bits per heavy atom. The molecule has 1 saturated carbocycles. The molecule has 1 fully saturated rings. The standard InChI is InChI=1S/C18H24N2O4/c1-12-7-9-14(10-8-12)11-16(21)24-13(2)17(22)20-18(23)19-15-5-3-4-6-15/h7-10,13,15H,3-6,11H2,1-2H3,(H2,19,20,22,23)/t13-/m0/s1. The number of rotatable bonds is 5. The van der Waals surface area contributed by atoms with Crippen LogP contribution in [0.5, 0.6) is 0 Å². The van der Waals surface area contributed by atoms with Crippen LogP contribution in [0.15, 0.2) is 24.3 Å². The van der Waals surface area contributed by atoms with Crippen molar-refractivity contribution in [2.24, 2.45) is 0 Å². The van der Waals surface area contributed by atoms with E-state index in [-0.39, 0.29) is 12.5 Å². The summed E-state index contributed by atoms with van der Waals surface area (Å²) in [5.41, 5.74) is 1.92. The highest BCUT2D eigenvalue weighted by Gasteiger charge is 2.22. The van der Waals surface area contributed by atoms with E-state index < -0.39 is 24.0 Å². The maximum Gasteiger partial charge on any atom is 0.321 e. The lowest BCUT2D eigenvalue weighted by Gasteiger charge is -2.15. The van der Waals surface area contributed by atoms with E-state index in [1.165, 1.54) is 6.92 Å². The number of nitrogens with one attached hydrogen (secondary N) is 2. The Kier molecular flexibility index (Phi) is 6.35. The summed E-state index contributed by atoms with van der Waals surface area (Å²) in [7, 11) is 0. The molecule has 0 heterocycles. The van der Waals surface area contributed by atoms with Crippen molar-refractivity contribution < 1.29 is 19.1 Å². The molecule has 1 aromatic carbocycles. The van der Waals surface area contributed by atoms with Gasteiger partial charge in [0.25, 0.3) is 5.91 Å². The molecule has 0 radical (unpaired) electrons. The summed E-state index contributed by atoms with van der Waals surface area (Å²) in [6, 6.07) is 7.09. The van der Waals surface area contributed by atoms with Crippen molar-refractivity contribution in [2.45, 2.75) is 58.1 Å². The topological polar surface area (TPSA) is 84.5 Å². The number of carbonyl (C=O) groups excluding carboxylic acids is 3. The van der Waals surface area contributed by atoms with Crippen molar-refractivity contribution in [3.8, 4) is 0 Å². The fourth-order valence-corrected chi connectivity index (χ4v) is 2.67. The third-order valence-electron chi connectivity index (χ3n) is 4.07. The van der Waals surface area contributed by atoms with Crippen LogP contribution in [-0.2, 0) is 20.7 Å². The van der Waals surface area contributed by atoms with Crippen LogP contribution in [0.2, 0.25) is 0 Å². The highest BCUT2D eigenvalue weighted by Crippen LogP contribution is 2.17. The number of hydrogen-bond donors (Lipinski definition) is 2. The van der Waals surface area contributed by atoms with Crippen LogP contribution in [-0.4, -0.2) is 30.1 Å². The second-order valence-electron chi connectivity index (χ2n) is 6.24. The quantitative estimate of drug-likeness (QED) is 0.810. The minimum absolute atomic E-state index is 0.0895. The largest absolute Gasteiger partial charge is 0.452 e. The lowest BCUT2D eigenvalue weighted by atomic mass is 10.1. The molecule has 1 aliphatic carbocycles. The fourth-order valence-electron chi connectivity index (χ4n) is 2.67. The summed E-state index contributed by atoms with van der Waals surface area (Å²) < 4.78 is 5.09. The first-order valence-electron chi connectivity index (χ1n) is 8.30. The number of imide groups is 1. The average Bonchev–Trinajstić information content (AvgIpc) is 3.02. The molecule has 0 spiro atoms. The van der Waals surface area contributed by atoms with Gasteiger partial charge in [-0.1, -0.05) is 42.7 Å². The molecular formula is C18H24N2O4. The highest BCUT2D eigenvalue weighted by atomic mass is 16.5. The van der Waals surface area contributed by atoms with Gasteiger partial charge >= 0.3 is 12.0 Å². The molecule has 2 rings (SSSR count). The van der Waals surface area contributed by atoms with Gasteiger partial charge in [0.05, 0.1) is 6.42 Å². The van der Waals surface area contributed by atoms with Gasteiger partial charge in [0.1, 0.15) is 0 Å². The van der Waals surface area contributed by atoms with Gasteiger partial charge in [0.2, 0.25) is 0 Å². The van der Waals surface area contributed by atoms with Crippen molar-refractivity contribution in [3.05, 3.63) is 35.4 Å². The number of urea groups is 1. The van der Waals surface area contributed by atoms with Gasteiger partial charge in [0, 0.05) is 6.04 Å². The van der Waals surface area contributed by atoms with Gasteiger partial charge in [-0.05, 0) is 32.3 Å². The van der Waals surface area contributed by atoms with E-state index in [0.717, 1.165) is 36.8 Å². The molecule has 3 amide bonds. The summed E-state index contributed by atoms with van der Waals surface area (Å²) >= 11 is 0. The summed E-state index contributed by atoms with van der Waals surface area (Å²) in [5.74, 6) is -1.12. The summed E-state index contributed by atoms with van der Waals surface area (Å²) in [6.07, 6.45) is 3.12. The molecule has 1 atom stereocenters. The first-order valence-corrected chi connectivity index (χ1v) is 8.30. The van der Waals surface area contributed by atoms with Crippen LogP contribution >= 0.6 is 0 Å². The molecule has 6 nitrogen and oxygen atoms in total. The average molecular weight is 332 g/mol. The second-order valence-corrected chi connectivity index (χ2v) is 6.24. The minimum atomic E-state index is -1.02. The van der Waals surface area contributed by atoms with E-state index in [1.54, 1.807) is 0 Å². The number of esters is 1. The normalized spacial score (nSPS) is 15.6. The molecule has 0 aliphatic heterocycles. The van der Waals surface area contributed by atoms with Gasteiger partial charge in [-0.15, -0.1) is 0 Å². The summed E-state index contributed by atoms with van der Waals surface area (Å²) in [6.45, 7) is 3.41. The second kappa shape index (κ2) is 8.47. The van der Waals surface area contributed by atoms with E-state index in [0.29, 0.717) is 0 Å². The zero-order chi connectivity index (χ0) is 17.5. The first-order chi connectivity index (χ1) is 11.4. The van der Waals surface area contributed by atoms with Crippen LogP contribution in [0, 0.1) is 6.92 Å². The molecule has 130 valence electrons. The number of benzene rings is 1. The first kappa shape index (κ1) is 18.0. The lowest BCUT2D eigenvalue weighted by Crippen LogP contribution is -2.47. The van der Waals surface area contributed by atoms with Crippen molar-refractivity contribution in [2.75, 3.05) is 0 Å². The Bertz CT molecular complexity index is 592. The van der Waals surface area contributed by atoms with Crippen LogP contribution in [0.3, 0.4) is 0 Å². The van der Waals surface area contributed by atoms with Crippen molar-refractivity contribution >= 4 is 17.9 Å². The summed E-state index contributed by atoms with van der Waals surface area (Å²) in [4.78, 5) is 35.5. The predicted molar refractivity (Wildman–Crippen MR) is 89.4 cm³/mol. The predicted octanol–water partition coefficient (Wildman–Crippen LogP) is 2.24. The monoisotopic (exact) mass is 332 g/mol. The molecule has 0 unspecified atom stereocenters. The SMILES string of the molecule is Cc1ccc(CC(=O)O[C@@H](C)C(=O)NC(=O)NC2CCCC2)cc1. The molecule has 2 N–H and O–H groups in total. The Morgan fingerprint density at radius 2 is 1.79 bits per heavy atom. The van der Waals surface area contributed by atoms with Crippen molar-refractivity contribution in [1.82, 2.24) is 10.6 Å². The van der Waals surface area contributed by atoms with Gasteiger partial charge in [0.15, 0.2) is 6.10 Å². The molecule has 0 bridgehead atoms. The number of aryl methyl sites for hydroxylation is 1. The number of ether oxygens (including phenoxy) is 1. The Hall–Kier alpha value is -2.37.